The van der Waals surface area contributed by atoms with Gasteiger partial charge < -0.3 is 15.4 Å². The lowest BCUT2D eigenvalue weighted by Crippen LogP contribution is -2.25. The molecule has 0 amide bonds. The summed E-state index contributed by atoms with van der Waals surface area (Å²) in [6.07, 6.45) is 2.84. The number of aromatic nitrogens is 2. The van der Waals surface area contributed by atoms with Crippen LogP contribution >= 0.6 is 0 Å². The maximum atomic E-state index is 5.13. The van der Waals surface area contributed by atoms with E-state index < -0.39 is 0 Å². The quantitative estimate of drug-likeness (QED) is 0.780. The minimum Gasteiger partial charge on any atom is -0.385 e. The third kappa shape index (κ3) is 4.49. The highest BCUT2D eigenvalue weighted by Crippen LogP contribution is 2.22. The molecule has 0 aliphatic heterocycles. The molecule has 0 aliphatic rings. The lowest BCUT2D eigenvalue weighted by Gasteiger charge is -2.25. The molecule has 1 aromatic heterocycles. The van der Waals surface area contributed by atoms with E-state index in [9.17, 15) is 0 Å². The predicted molar refractivity (Wildman–Crippen MR) is 75.1 cm³/mol. The lowest BCUT2D eigenvalue weighted by molar-refractivity contribution is 0.157. The summed E-state index contributed by atoms with van der Waals surface area (Å²) in [6, 6.07) is 0. The van der Waals surface area contributed by atoms with Crippen LogP contribution in [-0.4, -0.2) is 37.3 Å². The number of nitrogens with one attached hydrogen (secondary N) is 2. The number of hydrogen-bond acceptors (Lipinski definition) is 5. The topological polar surface area (TPSA) is 59.1 Å². The van der Waals surface area contributed by atoms with E-state index in [2.05, 4.69) is 34.4 Å². The number of aryl methyl sites for hydroxylation is 1. The van der Waals surface area contributed by atoms with Gasteiger partial charge in [-0.3, -0.25) is 0 Å². The molecule has 0 saturated carbocycles. The van der Waals surface area contributed by atoms with Crippen LogP contribution in [0.25, 0.3) is 0 Å². The average molecular weight is 252 g/mol. The molecule has 0 aliphatic carbocycles. The Kier molecular flexibility index (Phi) is 5.34. The zero-order valence-corrected chi connectivity index (χ0v) is 12.0. The molecule has 5 nitrogen and oxygen atoms in total. The van der Waals surface area contributed by atoms with Gasteiger partial charge in [0.05, 0.1) is 0 Å². The lowest BCUT2D eigenvalue weighted by atomic mass is 9.90. The highest BCUT2D eigenvalue weighted by Gasteiger charge is 2.18. The molecule has 102 valence electrons. The molecule has 1 rings (SSSR count). The Morgan fingerprint density at radius 3 is 2.72 bits per heavy atom. The van der Waals surface area contributed by atoms with Gasteiger partial charge in [-0.15, -0.1) is 0 Å². The number of methoxy groups -OCH3 is 1. The molecule has 0 radical (unpaired) electrons. The molecule has 0 aromatic carbocycles. The van der Waals surface area contributed by atoms with Crippen LogP contribution < -0.4 is 10.6 Å². The Morgan fingerprint density at radius 1 is 1.39 bits per heavy atom. The summed E-state index contributed by atoms with van der Waals surface area (Å²) in [5.74, 6) is 1.53. The first kappa shape index (κ1) is 14.7. The fourth-order valence-corrected chi connectivity index (χ4v) is 1.53. The van der Waals surface area contributed by atoms with Crippen LogP contribution in [0.2, 0.25) is 0 Å². The van der Waals surface area contributed by atoms with Crippen LogP contribution in [0.5, 0.6) is 0 Å². The van der Waals surface area contributed by atoms with Crippen molar-refractivity contribution in [2.45, 2.75) is 27.2 Å². The van der Waals surface area contributed by atoms with Gasteiger partial charge in [-0.1, -0.05) is 13.8 Å². The molecule has 0 fully saturated rings. The van der Waals surface area contributed by atoms with E-state index in [-0.39, 0.29) is 5.41 Å². The molecule has 0 spiro atoms. The first-order chi connectivity index (χ1) is 8.48. The molecule has 0 atom stereocenters. The first-order valence-electron chi connectivity index (χ1n) is 6.23. The van der Waals surface area contributed by atoms with E-state index in [1.807, 2.05) is 20.2 Å². The van der Waals surface area contributed by atoms with Crippen LogP contribution in [-0.2, 0) is 4.74 Å². The first-order valence-corrected chi connectivity index (χ1v) is 6.23. The molecule has 5 heteroatoms. The van der Waals surface area contributed by atoms with Crippen molar-refractivity contribution in [3.63, 3.8) is 0 Å². The Bertz CT molecular complexity index is 379. The van der Waals surface area contributed by atoms with Gasteiger partial charge in [0.15, 0.2) is 0 Å². The highest BCUT2D eigenvalue weighted by atomic mass is 16.5. The van der Waals surface area contributed by atoms with Gasteiger partial charge in [0, 0.05) is 39.1 Å². The maximum Gasteiger partial charge on any atom is 0.224 e. The van der Waals surface area contributed by atoms with Gasteiger partial charge in [0.1, 0.15) is 5.82 Å². The highest BCUT2D eigenvalue weighted by molar-refractivity contribution is 5.46. The monoisotopic (exact) mass is 252 g/mol. The van der Waals surface area contributed by atoms with Crippen LogP contribution in [0, 0.1) is 12.3 Å². The Labute approximate surface area is 109 Å². The van der Waals surface area contributed by atoms with Crippen LogP contribution in [0.1, 0.15) is 25.8 Å². The zero-order valence-electron chi connectivity index (χ0n) is 12.0. The van der Waals surface area contributed by atoms with Gasteiger partial charge in [-0.05, 0) is 18.8 Å². The van der Waals surface area contributed by atoms with Crippen molar-refractivity contribution in [1.29, 1.82) is 0 Å². The number of hydrogen-bond donors (Lipinski definition) is 2. The summed E-state index contributed by atoms with van der Waals surface area (Å²) in [6.45, 7) is 8.07. The van der Waals surface area contributed by atoms with Gasteiger partial charge in [0.2, 0.25) is 5.95 Å². The van der Waals surface area contributed by atoms with Crippen molar-refractivity contribution < 1.29 is 4.74 Å². The molecule has 18 heavy (non-hydrogen) atoms. The summed E-state index contributed by atoms with van der Waals surface area (Å²) >= 11 is 0. The summed E-state index contributed by atoms with van der Waals surface area (Å²) in [5, 5.41) is 6.33. The van der Waals surface area contributed by atoms with E-state index in [1.54, 1.807) is 7.11 Å². The van der Waals surface area contributed by atoms with Crippen molar-refractivity contribution >= 4 is 11.8 Å². The van der Waals surface area contributed by atoms with Gasteiger partial charge in [-0.25, -0.2) is 4.98 Å². The van der Waals surface area contributed by atoms with E-state index >= 15 is 0 Å². The summed E-state index contributed by atoms with van der Waals surface area (Å²) in [5.41, 5.74) is 1.23. The average Bonchev–Trinajstić information content (AvgIpc) is 2.35. The van der Waals surface area contributed by atoms with Gasteiger partial charge in [-0.2, -0.15) is 4.98 Å². The summed E-state index contributed by atoms with van der Waals surface area (Å²) in [7, 11) is 3.55. The molecule has 1 aromatic rings. The Morgan fingerprint density at radius 2 is 2.11 bits per heavy atom. The number of rotatable bonds is 7. The molecule has 2 N–H and O–H groups in total. The van der Waals surface area contributed by atoms with Crippen molar-refractivity contribution in [2.24, 2.45) is 5.41 Å². The zero-order chi connectivity index (χ0) is 13.6. The third-order valence-electron chi connectivity index (χ3n) is 2.91. The van der Waals surface area contributed by atoms with Crippen molar-refractivity contribution in [3.05, 3.63) is 11.8 Å². The molecular weight excluding hydrogens is 228 g/mol. The van der Waals surface area contributed by atoms with Crippen molar-refractivity contribution in [2.75, 3.05) is 37.9 Å². The molecule has 0 unspecified atom stereocenters. The van der Waals surface area contributed by atoms with Crippen molar-refractivity contribution in [3.8, 4) is 0 Å². The molecular formula is C13H24N4O. The van der Waals surface area contributed by atoms with Crippen LogP contribution in [0.3, 0.4) is 0 Å². The Balaban J connectivity index is 2.62. The maximum absolute atomic E-state index is 5.13. The second kappa shape index (κ2) is 6.54. The smallest absolute Gasteiger partial charge is 0.224 e. The van der Waals surface area contributed by atoms with Gasteiger partial charge in [0.25, 0.3) is 0 Å². The van der Waals surface area contributed by atoms with Crippen LogP contribution in [0.4, 0.5) is 11.8 Å². The van der Waals surface area contributed by atoms with E-state index in [0.717, 1.165) is 31.0 Å². The SMILES string of the molecule is CNc1ncc(C)c(NCC(C)(C)CCOC)n1. The second-order valence-electron chi connectivity index (χ2n) is 5.24. The van der Waals surface area contributed by atoms with Gasteiger partial charge >= 0.3 is 0 Å². The summed E-state index contributed by atoms with van der Waals surface area (Å²) < 4.78 is 5.13. The minimum atomic E-state index is 0.174. The minimum absolute atomic E-state index is 0.174. The van der Waals surface area contributed by atoms with E-state index in [0.29, 0.717) is 5.95 Å². The van der Waals surface area contributed by atoms with Crippen LogP contribution in [0.15, 0.2) is 6.20 Å². The number of ether oxygens (including phenoxy) is 1. The number of anilines is 2. The third-order valence-corrected chi connectivity index (χ3v) is 2.91. The fraction of sp³-hybridized carbons (Fsp3) is 0.692. The summed E-state index contributed by atoms with van der Waals surface area (Å²) in [4.78, 5) is 8.58. The van der Waals surface area contributed by atoms with E-state index in [4.69, 9.17) is 4.74 Å². The molecule has 0 bridgehead atoms. The standard InChI is InChI=1S/C13H24N4O/c1-10-8-15-12(14-4)17-11(10)16-9-13(2,3)6-7-18-5/h8H,6-7,9H2,1-5H3,(H2,14,15,16,17). The van der Waals surface area contributed by atoms with E-state index in [1.165, 1.54) is 0 Å². The Hall–Kier alpha value is -1.36. The largest absolute Gasteiger partial charge is 0.385 e. The normalized spacial score (nSPS) is 11.4. The molecule has 0 saturated heterocycles. The molecule has 1 heterocycles. The second-order valence-corrected chi connectivity index (χ2v) is 5.24. The fourth-order valence-electron chi connectivity index (χ4n) is 1.53. The number of nitrogens with zero attached hydrogens (tertiary/aromatic N) is 2. The predicted octanol–water partition coefficient (Wildman–Crippen LogP) is 2.30. The van der Waals surface area contributed by atoms with Crippen molar-refractivity contribution in [1.82, 2.24) is 9.97 Å².